The summed E-state index contributed by atoms with van der Waals surface area (Å²) in [4.78, 5) is 41.4. The number of fused-ring (bicyclic) bond motifs is 4. The molecule has 0 radical (unpaired) electrons. The molecule has 6 rings (SSSR count). The van der Waals surface area contributed by atoms with E-state index in [4.69, 9.17) is 10.5 Å². The zero-order valence-corrected chi connectivity index (χ0v) is 23.3. The van der Waals surface area contributed by atoms with Crippen LogP contribution >= 0.6 is 0 Å². The number of phenols is 1. The lowest BCUT2D eigenvalue weighted by molar-refractivity contribution is -0.119. The Morgan fingerprint density at radius 2 is 1.80 bits per heavy atom. The first-order valence-corrected chi connectivity index (χ1v) is 13.5. The number of phenolic OH excluding ortho intramolecular Hbond substituents is 1. The van der Waals surface area contributed by atoms with Crippen LogP contribution in [0.4, 0.5) is 0 Å². The van der Waals surface area contributed by atoms with Crippen LogP contribution in [-0.2, 0) is 16.6 Å². The molecule has 4 aliphatic carbocycles. The predicted molar refractivity (Wildman–Crippen MR) is 149 cm³/mol. The third kappa shape index (κ3) is 2.72. The maximum atomic E-state index is 14.3. The molecule has 0 aromatic heterocycles. The number of Topliss-reactive ketones (excluding diaryl/α,β-unsaturated/α-hetero) is 3. The van der Waals surface area contributed by atoms with Crippen molar-refractivity contribution in [2.45, 2.75) is 64.4 Å². The van der Waals surface area contributed by atoms with Gasteiger partial charge in [-0.2, -0.15) is 0 Å². The van der Waals surface area contributed by atoms with E-state index in [0.717, 1.165) is 29.5 Å². The van der Waals surface area contributed by atoms with Crippen molar-refractivity contribution in [1.29, 1.82) is 0 Å². The van der Waals surface area contributed by atoms with Gasteiger partial charge in [0.25, 0.3) is 0 Å². The highest BCUT2D eigenvalue weighted by atomic mass is 16.5. The maximum absolute atomic E-state index is 14.3. The second-order valence-corrected chi connectivity index (χ2v) is 12.4. The normalized spacial score (nSPS) is 28.6. The number of ketones is 3. The van der Waals surface area contributed by atoms with Gasteiger partial charge in [0.15, 0.2) is 17.2 Å². The number of methoxy groups -OCH3 is 1. The number of aliphatic hydroxyl groups excluding tert-OH is 1. The average Bonchev–Trinajstić information content (AvgIpc) is 3.24. The highest BCUT2D eigenvalue weighted by Gasteiger charge is 2.63. The third-order valence-electron chi connectivity index (χ3n) is 10.2. The van der Waals surface area contributed by atoms with Crippen molar-refractivity contribution in [3.63, 3.8) is 0 Å². The SMILES string of the molecule is C=C(N)C1=C(O)[C@@]2(O)C(=O)c3c(c4c5c(c(C)cc(OC)c5c3O)[C@@]3(C4)C(C)=CCCC3(C)C)C(=O)[C@H]2CC1=O. The Hall–Kier alpha value is -3.91. The van der Waals surface area contributed by atoms with Crippen molar-refractivity contribution >= 4 is 28.1 Å². The number of benzene rings is 2. The molecule has 8 nitrogen and oxygen atoms in total. The van der Waals surface area contributed by atoms with Gasteiger partial charge in [-0.25, -0.2) is 0 Å². The zero-order valence-electron chi connectivity index (χ0n) is 23.3. The molecular formula is C32H33NO7. The number of nitrogens with two attached hydrogens (primary N) is 1. The van der Waals surface area contributed by atoms with Gasteiger partial charge in [-0.05, 0) is 66.7 Å². The van der Waals surface area contributed by atoms with E-state index in [1.54, 1.807) is 0 Å². The lowest BCUT2D eigenvalue weighted by Gasteiger charge is -2.50. The molecule has 40 heavy (non-hydrogen) atoms. The number of aliphatic hydroxyl groups is 2. The van der Waals surface area contributed by atoms with Crippen molar-refractivity contribution in [2.75, 3.05) is 7.11 Å². The minimum absolute atomic E-state index is 0.000233. The fourth-order valence-corrected chi connectivity index (χ4v) is 8.23. The summed E-state index contributed by atoms with van der Waals surface area (Å²) in [6.45, 7) is 12.0. The Kier molecular flexibility index (Phi) is 5.16. The van der Waals surface area contributed by atoms with Gasteiger partial charge in [0, 0.05) is 23.1 Å². The summed E-state index contributed by atoms with van der Waals surface area (Å²) in [7, 11) is 1.47. The van der Waals surface area contributed by atoms with Gasteiger partial charge < -0.3 is 25.8 Å². The molecule has 3 atom stereocenters. The van der Waals surface area contributed by atoms with E-state index in [1.165, 1.54) is 7.11 Å². The van der Waals surface area contributed by atoms with E-state index < -0.39 is 57.8 Å². The first-order chi connectivity index (χ1) is 18.7. The standard InChI is InChI=1S/C32H33NO7/c1-13-10-19(40-6)23-21-16(12-31(25(13)21)14(2)8-7-9-30(31,4)5)22-24(27(23)36)29(38)32(39)17(26(22)35)11-18(34)20(15(3)33)28(32)37/h8,10,17,36-37,39H,3,7,9,11-12,33H2,1-2,4-6H3/t17-,31-,32-/m1/s1. The number of allylic oxidation sites excluding steroid dienone is 3. The molecule has 5 N–H and O–H groups in total. The second kappa shape index (κ2) is 7.85. The van der Waals surface area contributed by atoms with Gasteiger partial charge in [0.2, 0.25) is 5.78 Å². The summed E-state index contributed by atoms with van der Waals surface area (Å²) in [5, 5.41) is 35.5. The summed E-state index contributed by atoms with van der Waals surface area (Å²) in [5.74, 6) is -5.18. The van der Waals surface area contributed by atoms with E-state index in [2.05, 4.69) is 33.4 Å². The van der Waals surface area contributed by atoms with Crippen LogP contribution in [0.3, 0.4) is 0 Å². The van der Waals surface area contributed by atoms with Crippen LogP contribution < -0.4 is 10.5 Å². The molecule has 0 saturated carbocycles. The van der Waals surface area contributed by atoms with Gasteiger partial charge in [0.05, 0.1) is 29.6 Å². The average molecular weight is 544 g/mol. The number of hydrogen-bond donors (Lipinski definition) is 4. The van der Waals surface area contributed by atoms with Crippen LogP contribution in [0.25, 0.3) is 10.8 Å². The third-order valence-corrected chi connectivity index (χ3v) is 10.2. The topological polar surface area (TPSA) is 147 Å². The first-order valence-electron chi connectivity index (χ1n) is 13.5. The minimum atomic E-state index is -2.77. The summed E-state index contributed by atoms with van der Waals surface area (Å²) < 4.78 is 5.69. The molecule has 2 aromatic rings. The fourth-order valence-electron chi connectivity index (χ4n) is 8.23. The minimum Gasteiger partial charge on any atom is -0.508 e. The molecular weight excluding hydrogens is 510 g/mol. The predicted octanol–water partition coefficient (Wildman–Crippen LogP) is 4.41. The number of rotatable bonds is 2. The van der Waals surface area contributed by atoms with E-state index in [9.17, 15) is 29.7 Å². The molecule has 8 heteroatoms. The number of aromatic hydroxyl groups is 1. The largest absolute Gasteiger partial charge is 0.508 e. The van der Waals surface area contributed by atoms with Crippen molar-refractivity contribution in [3.05, 3.63) is 69.1 Å². The van der Waals surface area contributed by atoms with Crippen LogP contribution in [0.1, 0.15) is 77.4 Å². The van der Waals surface area contributed by atoms with Gasteiger partial charge in [-0.3, -0.25) is 14.4 Å². The second-order valence-electron chi connectivity index (χ2n) is 12.4. The Morgan fingerprint density at radius 1 is 1.12 bits per heavy atom. The summed E-state index contributed by atoms with van der Waals surface area (Å²) in [5.41, 5.74) is 4.67. The van der Waals surface area contributed by atoms with E-state index in [1.807, 2.05) is 13.0 Å². The Bertz CT molecular complexity index is 1710. The first kappa shape index (κ1) is 26.3. The van der Waals surface area contributed by atoms with E-state index >= 15 is 0 Å². The van der Waals surface area contributed by atoms with Crippen LogP contribution in [0.15, 0.2) is 41.3 Å². The van der Waals surface area contributed by atoms with Crippen LogP contribution in [0.5, 0.6) is 11.5 Å². The molecule has 4 aliphatic rings. The van der Waals surface area contributed by atoms with Crippen LogP contribution in [-0.4, -0.2) is 45.4 Å². The number of aryl methyl sites for hydroxylation is 1. The van der Waals surface area contributed by atoms with Crippen molar-refractivity contribution in [1.82, 2.24) is 0 Å². The zero-order chi connectivity index (χ0) is 29.3. The van der Waals surface area contributed by atoms with Crippen molar-refractivity contribution < 1.29 is 34.4 Å². The molecule has 0 bridgehead atoms. The molecule has 0 unspecified atom stereocenters. The molecule has 0 saturated heterocycles. The molecule has 0 amide bonds. The van der Waals surface area contributed by atoms with Crippen LogP contribution in [0, 0.1) is 18.3 Å². The van der Waals surface area contributed by atoms with Crippen molar-refractivity contribution in [3.8, 4) is 11.5 Å². The number of hydrogen-bond acceptors (Lipinski definition) is 8. The van der Waals surface area contributed by atoms with Gasteiger partial charge in [-0.15, -0.1) is 0 Å². The lowest BCUT2D eigenvalue weighted by atomic mass is 9.53. The monoisotopic (exact) mass is 543 g/mol. The number of ether oxygens (including phenoxy) is 1. The Balaban J connectivity index is 1.78. The number of carbonyl (C=O) groups excluding carboxylic acids is 3. The lowest BCUT2D eigenvalue weighted by Crippen LogP contribution is -2.58. The van der Waals surface area contributed by atoms with Gasteiger partial charge >= 0.3 is 0 Å². The Morgan fingerprint density at radius 3 is 2.40 bits per heavy atom. The molecule has 0 heterocycles. The smallest absolute Gasteiger partial charge is 0.207 e. The molecule has 0 aliphatic heterocycles. The Labute approximate surface area is 231 Å². The molecule has 208 valence electrons. The van der Waals surface area contributed by atoms with Crippen LogP contribution in [0.2, 0.25) is 0 Å². The van der Waals surface area contributed by atoms with Crippen molar-refractivity contribution in [2.24, 2.45) is 17.1 Å². The summed E-state index contributed by atoms with van der Waals surface area (Å²) in [6.07, 6.45) is 3.89. The van der Waals surface area contributed by atoms with Gasteiger partial charge in [0.1, 0.15) is 17.3 Å². The molecule has 1 spiro atoms. The van der Waals surface area contributed by atoms with E-state index in [0.29, 0.717) is 23.1 Å². The van der Waals surface area contributed by atoms with E-state index in [-0.39, 0.29) is 27.6 Å². The maximum Gasteiger partial charge on any atom is 0.207 e. The summed E-state index contributed by atoms with van der Waals surface area (Å²) >= 11 is 0. The number of carbonyl (C=O) groups is 3. The molecule has 2 aromatic carbocycles. The fraction of sp³-hybridized carbons (Fsp3) is 0.406. The highest BCUT2D eigenvalue weighted by Crippen LogP contribution is 2.64. The highest BCUT2D eigenvalue weighted by molar-refractivity contribution is 6.28. The van der Waals surface area contributed by atoms with Gasteiger partial charge in [-0.1, -0.05) is 32.1 Å². The quantitative estimate of drug-likeness (QED) is 0.408. The molecule has 0 fully saturated rings. The summed E-state index contributed by atoms with van der Waals surface area (Å²) in [6, 6.07) is 1.83.